The van der Waals surface area contributed by atoms with Crippen molar-refractivity contribution in [1.29, 1.82) is 0 Å². The van der Waals surface area contributed by atoms with Crippen molar-refractivity contribution >= 4 is 40.8 Å². The van der Waals surface area contributed by atoms with E-state index in [1.165, 1.54) is 12.1 Å². The summed E-state index contributed by atoms with van der Waals surface area (Å²) in [6.45, 7) is 0. The second kappa shape index (κ2) is 5.79. The van der Waals surface area contributed by atoms with E-state index in [0.717, 1.165) is 7.11 Å². The molecule has 1 atom stereocenters. The van der Waals surface area contributed by atoms with Crippen molar-refractivity contribution < 1.29 is 24.5 Å². The molecule has 0 saturated carbocycles. The van der Waals surface area contributed by atoms with Gasteiger partial charge in [-0.15, -0.1) is 0 Å². The molecule has 1 aromatic rings. The Kier molecular flexibility index (Phi) is 4.63. The van der Waals surface area contributed by atoms with Crippen LogP contribution in [0.25, 0.3) is 0 Å². The number of carbonyl (C=O) groups excluding carboxylic acids is 1. The Labute approximate surface area is 112 Å². The molecule has 1 unspecified atom stereocenters. The quantitative estimate of drug-likeness (QED) is 0.340. The molecule has 0 aliphatic carbocycles. The van der Waals surface area contributed by atoms with Crippen LogP contribution in [-0.4, -0.2) is 34.8 Å². The summed E-state index contributed by atoms with van der Waals surface area (Å²) in [6.07, 6.45) is 0. The van der Waals surface area contributed by atoms with Crippen LogP contribution in [0.5, 0.6) is 5.75 Å². The number of hydrogen-bond donors (Lipinski definition) is 3. The van der Waals surface area contributed by atoms with Crippen LogP contribution in [0.1, 0.15) is 10.4 Å². The Morgan fingerprint density at radius 2 is 2.06 bits per heavy atom. The van der Waals surface area contributed by atoms with E-state index in [1.54, 1.807) is 0 Å². The first-order chi connectivity index (χ1) is 8.36. The molecule has 0 aliphatic heterocycles. The molecule has 0 heterocycles. The number of benzene rings is 1. The van der Waals surface area contributed by atoms with Crippen LogP contribution >= 0.6 is 23.2 Å². The highest BCUT2D eigenvalue weighted by atomic mass is 35.5. The minimum atomic E-state index is -1.47. The average molecular weight is 294 g/mol. The topological polar surface area (TPSA) is 95.9 Å². The lowest BCUT2D eigenvalue weighted by atomic mass is 10.1. The molecule has 0 bridgehead atoms. The molecule has 0 amide bonds. The molecule has 0 fully saturated rings. The lowest BCUT2D eigenvalue weighted by molar-refractivity contribution is -0.136. The summed E-state index contributed by atoms with van der Waals surface area (Å²) < 4.78 is 4.44. The molecule has 0 saturated heterocycles. The van der Waals surface area contributed by atoms with E-state index in [0.29, 0.717) is 0 Å². The SMILES string of the molecule is COC(=O)c1cc(Cl)cc(NC(Cl)C(=O)O)c1O. The smallest absolute Gasteiger partial charge is 0.341 e. The van der Waals surface area contributed by atoms with Gasteiger partial charge in [0.05, 0.1) is 12.8 Å². The van der Waals surface area contributed by atoms with Crippen molar-refractivity contribution in [2.24, 2.45) is 0 Å². The Hall–Kier alpha value is -1.66. The van der Waals surface area contributed by atoms with Crippen molar-refractivity contribution in [3.05, 3.63) is 22.7 Å². The van der Waals surface area contributed by atoms with Crippen molar-refractivity contribution in [2.75, 3.05) is 12.4 Å². The first-order valence-corrected chi connectivity index (χ1v) is 5.42. The van der Waals surface area contributed by atoms with E-state index in [9.17, 15) is 14.7 Å². The molecule has 0 aromatic heterocycles. The number of rotatable bonds is 4. The summed E-state index contributed by atoms with van der Waals surface area (Å²) in [5, 5.41) is 20.8. The Balaban J connectivity index is 3.17. The number of phenolic OH excluding ortho intramolecular Hbond substituents is 1. The van der Waals surface area contributed by atoms with Crippen LogP contribution in [0, 0.1) is 0 Å². The largest absolute Gasteiger partial charge is 0.505 e. The van der Waals surface area contributed by atoms with Gasteiger partial charge in [0, 0.05) is 5.02 Å². The Bertz CT molecular complexity index is 491. The Morgan fingerprint density at radius 3 is 2.56 bits per heavy atom. The third-order valence-corrected chi connectivity index (χ3v) is 2.49. The lowest BCUT2D eigenvalue weighted by Gasteiger charge is -2.13. The summed E-state index contributed by atoms with van der Waals surface area (Å²) in [6, 6.07) is 2.43. The van der Waals surface area contributed by atoms with Gasteiger partial charge in [-0.05, 0) is 12.1 Å². The van der Waals surface area contributed by atoms with E-state index >= 15 is 0 Å². The first-order valence-electron chi connectivity index (χ1n) is 4.61. The first kappa shape index (κ1) is 14.4. The molecule has 18 heavy (non-hydrogen) atoms. The number of carbonyl (C=O) groups is 2. The molecule has 0 spiro atoms. The predicted octanol–water partition coefficient (Wildman–Crippen LogP) is 1.89. The number of phenols is 1. The summed E-state index contributed by atoms with van der Waals surface area (Å²) in [7, 11) is 1.14. The van der Waals surface area contributed by atoms with Crippen molar-refractivity contribution in [2.45, 2.75) is 5.50 Å². The molecule has 6 nitrogen and oxygen atoms in total. The number of alkyl halides is 1. The van der Waals surface area contributed by atoms with Gasteiger partial charge in [0.2, 0.25) is 0 Å². The minimum Gasteiger partial charge on any atom is -0.505 e. The summed E-state index contributed by atoms with van der Waals surface area (Å²) >= 11 is 11.2. The second-order valence-corrected chi connectivity index (χ2v) is 4.06. The average Bonchev–Trinajstić information content (AvgIpc) is 2.32. The molecule has 1 rings (SSSR count). The van der Waals surface area contributed by atoms with E-state index in [2.05, 4.69) is 10.1 Å². The number of hydrogen-bond acceptors (Lipinski definition) is 5. The zero-order valence-corrected chi connectivity index (χ0v) is 10.6. The van der Waals surface area contributed by atoms with Crippen LogP contribution in [-0.2, 0) is 9.53 Å². The highest BCUT2D eigenvalue weighted by Gasteiger charge is 2.20. The molecule has 8 heteroatoms. The van der Waals surface area contributed by atoms with Crippen LogP contribution in [0.3, 0.4) is 0 Å². The number of ether oxygens (including phenoxy) is 1. The minimum absolute atomic E-state index is 0.0784. The van der Waals surface area contributed by atoms with E-state index in [1.807, 2.05) is 0 Å². The van der Waals surface area contributed by atoms with Crippen molar-refractivity contribution in [1.82, 2.24) is 0 Å². The van der Waals surface area contributed by atoms with Gasteiger partial charge >= 0.3 is 11.9 Å². The van der Waals surface area contributed by atoms with Gasteiger partial charge in [-0.1, -0.05) is 23.2 Å². The molecule has 3 N–H and O–H groups in total. The fourth-order valence-electron chi connectivity index (χ4n) is 1.17. The lowest BCUT2D eigenvalue weighted by Crippen LogP contribution is -2.23. The number of aliphatic carboxylic acids is 1. The highest BCUT2D eigenvalue weighted by molar-refractivity contribution is 6.32. The molecular formula is C10H9Cl2NO5. The molecular weight excluding hydrogens is 285 g/mol. The molecule has 0 radical (unpaired) electrons. The number of carboxylic acids is 1. The van der Waals surface area contributed by atoms with Gasteiger partial charge in [-0.25, -0.2) is 9.59 Å². The van der Waals surface area contributed by atoms with Crippen LogP contribution in [0.4, 0.5) is 5.69 Å². The van der Waals surface area contributed by atoms with Gasteiger partial charge in [0.15, 0.2) is 11.3 Å². The van der Waals surface area contributed by atoms with Crippen LogP contribution in [0.15, 0.2) is 12.1 Å². The summed E-state index contributed by atoms with van der Waals surface area (Å²) in [4.78, 5) is 21.9. The number of anilines is 1. The normalized spacial score (nSPS) is 11.7. The van der Waals surface area contributed by atoms with Gasteiger partial charge in [0.25, 0.3) is 0 Å². The molecule has 98 valence electrons. The number of nitrogens with one attached hydrogen (secondary N) is 1. The van der Waals surface area contributed by atoms with Crippen molar-refractivity contribution in [3.8, 4) is 5.75 Å². The summed E-state index contributed by atoms with van der Waals surface area (Å²) in [5.41, 5.74) is -1.74. The van der Waals surface area contributed by atoms with Gasteiger partial charge in [0.1, 0.15) is 5.56 Å². The highest BCUT2D eigenvalue weighted by Crippen LogP contribution is 2.32. The number of esters is 1. The van der Waals surface area contributed by atoms with E-state index in [4.69, 9.17) is 28.3 Å². The van der Waals surface area contributed by atoms with Crippen LogP contribution in [0.2, 0.25) is 5.02 Å². The molecule has 0 aliphatic rings. The van der Waals surface area contributed by atoms with Gasteiger partial charge < -0.3 is 20.3 Å². The zero-order chi connectivity index (χ0) is 13.9. The van der Waals surface area contributed by atoms with E-state index < -0.39 is 23.2 Å². The maximum Gasteiger partial charge on any atom is 0.341 e. The number of carboxylic acid groups (broad SMARTS) is 1. The van der Waals surface area contributed by atoms with Crippen molar-refractivity contribution in [3.63, 3.8) is 0 Å². The second-order valence-electron chi connectivity index (χ2n) is 3.19. The Morgan fingerprint density at radius 1 is 1.44 bits per heavy atom. The maximum absolute atomic E-state index is 11.3. The maximum atomic E-state index is 11.3. The predicted molar refractivity (Wildman–Crippen MR) is 65.4 cm³/mol. The number of aromatic hydroxyl groups is 1. The summed E-state index contributed by atoms with van der Waals surface area (Å²) in [5.74, 6) is -2.63. The fourth-order valence-corrected chi connectivity index (χ4v) is 1.51. The monoisotopic (exact) mass is 293 g/mol. The standard InChI is InChI=1S/C10H9Cl2NO5/c1-18-10(17)5-2-4(11)3-6(7(5)14)13-8(12)9(15)16/h2-3,8,13-14H,1H3,(H,15,16). The third-order valence-electron chi connectivity index (χ3n) is 1.98. The number of methoxy groups -OCH3 is 1. The van der Waals surface area contributed by atoms with Gasteiger partial charge in [-0.2, -0.15) is 0 Å². The zero-order valence-electron chi connectivity index (χ0n) is 9.11. The third kappa shape index (κ3) is 3.18. The fraction of sp³-hybridized carbons (Fsp3) is 0.200. The van der Waals surface area contributed by atoms with Gasteiger partial charge in [-0.3, -0.25) is 0 Å². The van der Waals surface area contributed by atoms with E-state index in [-0.39, 0.29) is 16.3 Å². The number of halogens is 2. The van der Waals surface area contributed by atoms with Crippen LogP contribution < -0.4 is 5.32 Å². The molecule has 1 aromatic carbocycles.